The molecule has 1 aliphatic rings. The maximum atomic E-state index is 12.8. The minimum absolute atomic E-state index is 0.150. The van der Waals surface area contributed by atoms with E-state index in [1.807, 2.05) is 44.9 Å². The normalized spacial score (nSPS) is 17.6. The second-order valence-electron chi connectivity index (χ2n) is 6.97. The molecule has 2 aromatic rings. The van der Waals surface area contributed by atoms with E-state index in [9.17, 15) is 4.79 Å². The zero-order chi connectivity index (χ0) is 18.0. The van der Waals surface area contributed by atoms with Gasteiger partial charge in [-0.2, -0.15) is 5.10 Å². The number of likely N-dealkylation sites (N-methyl/N-ethyl adjacent to an activating group) is 1. The van der Waals surface area contributed by atoms with Crippen LogP contribution < -0.4 is 4.90 Å². The van der Waals surface area contributed by atoms with Crippen LogP contribution in [0.15, 0.2) is 18.2 Å². The van der Waals surface area contributed by atoms with Crippen molar-refractivity contribution in [1.29, 1.82) is 0 Å². The molecule has 1 N–H and O–H groups in total. The predicted molar refractivity (Wildman–Crippen MR) is 98.7 cm³/mol. The number of piperidine rings is 1. The zero-order valence-electron chi connectivity index (χ0n) is 15.5. The quantitative estimate of drug-likeness (QED) is 0.927. The molecule has 1 saturated heterocycles. The molecule has 0 saturated carbocycles. The number of aromatic amines is 1. The summed E-state index contributed by atoms with van der Waals surface area (Å²) >= 11 is 0. The van der Waals surface area contributed by atoms with Crippen LogP contribution in [0.5, 0.6) is 0 Å². The molecule has 2 aromatic heterocycles. The largest absolute Gasteiger partial charge is 0.355 e. The third-order valence-electron chi connectivity index (χ3n) is 5.14. The maximum Gasteiger partial charge on any atom is 0.227 e. The van der Waals surface area contributed by atoms with Gasteiger partial charge < -0.3 is 9.80 Å². The van der Waals surface area contributed by atoms with Crippen LogP contribution in [-0.4, -0.2) is 52.2 Å². The first-order valence-electron chi connectivity index (χ1n) is 8.90. The number of carbonyl (C=O) groups is 1. The summed E-state index contributed by atoms with van der Waals surface area (Å²) in [6.45, 7) is 7.75. The number of nitrogens with one attached hydrogen (secondary N) is 1. The van der Waals surface area contributed by atoms with Gasteiger partial charge in [0.25, 0.3) is 0 Å². The van der Waals surface area contributed by atoms with Crippen molar-refractivity contribution in [2.24, 2.45) is 0 Å². The molecule has 25 heavy (non-hydrogen) atoms. The Kier molecular flexibility index (Phi) is 5.06. The molecule has 0 radical (unpaired) electrons. The van der Waals surface area contributed by atoms with Crippen LogP contribution in [-0.2, 0) is 11.2 Å². The number of rotatable bonds is 4. The van der Waals surface area contributed by atoms with Gasteiger partial charge in [-0.1, -0.05) is 6.07 Å². The summed E-state index contributed by atoms with van der Waals surface area (Å²) in [5, 5.41) is 7.15. The first kappa shape index (κ1) is 17.5. The molecule has 0 aliphatic carbocycles. The molecule has 1 amide bonds. The lowest BCUT2D eigenvalue weighted by Crippen LogP contribution is -2.49. The molecule has 1 aliphatic heterocycles. The Morgan fingerprint density at radius 1 is 1.36 bits per heavy atom. The highest BCUT2D eigenvalue weighted by molar-refractivity contribution is 5.79. The fourth-order valence-corrected chi connectivity index (χ4v) is 3.50. The third kappa shape index (κ3) is 3.83. The number of pyridine rings is 1. The van der Waals surface area contributed by atoms with Gasteiger partial charge >= 0.3 is 0 Å². The fraction of sp³-hybridized carbons (Fsp3) is 0.526. The van der Waals surface area contributed by atoms with Gasteiger partial charge in [0.2, 0.25) is 5.91 Å². The van der Waals surface area contributed by atoms with Crippen LogP contribution in [0.1, 0.15) is 35.5 Å². The van der Waals surface area contributed by atoms with Crippen LogP contribution in [0, 0.1) is 20.8 Å². The van der Waals surface area contributed by atoms with E-state index < -0.39 is 0 Å². The van der Waals surface area contributed by atoms with Crippen molar-refractivity contribution in [3.63, 3.8) is 0 Å². The van der Waals surface area contributed by atoms with Gasteiger partial charge in [0.1, 0.15) is 5.82 Å². The van der Waals surface area contributed by atoms with Crippen LogP contribution in [0.4, 0.5) is 5.82 Å². The number of anilines is 1. The van der Waals surface area contributed by atoms with Gasteiger partial charge in [0.05, 0.1) is 12.1 Å². The number of aryl methyl sites for hydroxylation is 3. The number of amides is 1. The summed E-state index contributed by atoms with van der Waals surface area (Å²) < 4.78 is 0. The molecule has 0 unspecified atom stereocenters. The Morgan fingerprint density at radius 3 is 2.84 bits per heavy atom. The minimum atomic E-state index is 0.150. The number of hydrogen-bond donors (Lipinski definition) is 1. The van der Waals surface area contributed by atoms with Crippen molar-refractivity contribution < 1.29 is 4.79 Å². The van der Waals surface area contributed by atoms with Gasteiger partial charge in [0, 0.05) is 43.1 Å². The maximum absolute atomic E-state index is 12.8. The lowest BCUT2D eigenvalue weighted by molar-refractivity contribution is -0.131. The molecule has 0 bridgehead atoms. The topological polar surface area (TPSA) is 65.1 Å². The summed E-state index contributed by atoms with van der Waals surface area (Å²) in [4.78, 5) is 21.6. The molecule has 1 atom stereocenters. The van der Waals surface area contributed by atoms with E-state index in [0.29, 0.717) is 6.42 Å². The van der Waals surface area contributed by atoms with Crippen LogP contribution in [0.25, 0.3) is 0 Å². The first-order chi connectivity index (χ1) is 12.0. The average molecular weight is 341 g/mol. The lowest BCUT2D eigenvalue weighted by atomic mass is 10.0. The molecule has 0 aromatic carbocycles. The zero-order valence-corrected chi connectivity index (χ0v) is 15.5. The molecule has 134 valence electrons. The van der Waals surface area contributed by atoms with E-state index in [2.05, 4.69) is 26.1 Å². The van der Waals surface area contributed by atoms with E-state index in [1.165, 1.54) is 0 Å². The van der Waals surface area contributed by atoms with Crippen molar-refractivity contribution >= 4 is 11.7 Å². The van der Waals surface area contributed by atoms with Crippen molar-refractivity contribution in [3.8, 4) is 0 Å². The summed E-state index contributed by atoms with van der Waals surface area (Å²) in [7, 11) is 1.92. The fourth-order valence-electron chi connectivity index (χ4n) is 3.50. The Labute approximate surface area is 149 Å². The third-order valence-corrected chi connectivity index (χ3v) is 5.14. The molecule has 3 heterocycles. The molecule has 3 rings (SSSR count). The molecule has 1 fully saturated rings. The highest BCUT2D eigenvalue weighted by atomic mass is 16.2. The SMILES string of the molecule is Cc1cccc(N2CCC[C@@H](N(C)C(=O)Cc3c(C)n[nH]c3C)C2)n1. The Morgan fingerprint density at radius 2 is 2.16 bits per heavy atom. The minimum Gasteiger partial charge on any atom is -0.355 e. The Balaban J connectivity index is 1.67. The summed E-state index contributed by atoms with van der Waals surface area (Å²) in [5.74, 6) is 1.16. The van der Waals surface area contributed by atoms with Crippen LogP contribution in [0.2, 0.25) is 0 Å². The van der Waals surface area contributed by atoms with Crippen molar-refractivity contribution in [2.45, 2.75) is 46.1 Å². The highest BCUT2D eigenvalue weighted by Gasteiger charge is 2.27. The number of hydrogen-bond acceptors (Lipinski definition) is 4. The van der Waals surface area contributed by atoms with E-state index >= 15 is 0 Å². The first-order valence-corrected chi connectivity index (χ1v) is 8.90. The lowest BCUT2D eigenvalue weighted by Gasteiger charge is -2.38. The molecule has 0 spiro atoms. The monoisotopic (exact) mass is 341 g/mol. The van der Waals surface area contributed by atoms with E-state index in [-0.39, 0.29) is 11.9 Å². The standard InChI is InChI=1S/C19H27N5O/c1-13-7-5-9-18(20-13)24-10-6-8-16(12-24)23(4)19(25)11-17-14(2)21-22-15(17)3/h5,7,9,16H,6,8,10-12H2,1-4H3,(H,21,22)/t16-/m1/s1. The molecular weight excluding hydrogens is 314 g/mol. The van der Waals surface area contributed by atoms with E-state index in [1.54, 1.807) is 0 Å². The van der Waals surface area contributed by atoms with Crippen molar-refractivity contribution in [3.05, 3.63) is 40.8 Å². The number of H-pyrrole nitrogens is 1. The number of aromatic nitrogens is 3. The Hall–Kier alpha value is -2.37. The van der Waals surface area contributed by atoms with Gasteiger partial charge in [0.15, 0.2) is 0 Å². The average Bonchev–Trinajstić information content (AvgIpc) is 2.93. The van der Waals surface area contributed by atoms with Gasteiger partial charge in [-0.25, -0.2) is 4.98 Å². The number of carbonyl (C=O) groups excluding carboxylic acids is 1. The highest BCUT2D eigenvalue weighted by Crippen LogP contribution is 2.21. The van der Waals surface area contributed by atoms with E-state index in [0.717, 1.165) is 54.4 Å². The van der Waals surface area contributed by atoms with Gasteiger partial charge in [-0.05, 0) is 45.7 Å². The van der Waals surface area contributed by atoms with Gasteiger partial charge in [-0.3, -0.25) is 9.89 Å². The predicted octanol–water partition coefficient (Wildman–Crippen LogP) is 2.40. The summed E-state index contributed by atoms with van der Waals surface area (Å²) in [6.07, 6.45) is 2.51. The van der Waals surface area contributed by atoms with Crippen LogP contribution in [0.3, 0.4) is 0 Å². The smallest absolute Gasteiger partial charge is 0.227 e. The van der Waals surface area contributed by atoms with Gasteiger partial charge in [-0.15, -0.1) is 0 Å². The summed E-state index contributed by atoms with van der Waals surface area (Å²) in [6, 6.07) is 6.32. The molecule has 6 heteroatoms. The second kappa shape index (κ2) is 7.25. The summed E-state index contributed by atoms with van der Waals surface area (Å²) in [5.41, 5.74) is 3.93. The van der Waals surface area contributed by atoms with Crippen molar-refractivity contribution in [1.82, 2.24) is 20.1 Å². The molecule has 6 nitrogen and oxygen atoms in total. The number of nitrogens with zero attached hydrogens (tertiary/aromatic N) is 4. The van der Waals surface area contributed by atoms with Crippen molar-refractivity contribution in [2.75, 3.05) is 25.0 Å². The van der Waals surface area contributed by atoms with E-state index in [4.69, 9.17) is 0 Å². The second-order valence-corrected chi connectivity index (χ2v) is 6.97. The van der Waals surface area contributed by atoms with Crippen LogP contribution >= 0.6 is 0 Å². The molecular formula is C19H27N5O. The Bertz CT molecular complexity index is 735.